The van der Waals surface area contributed by atoms with Crippen LogP contribution in [0.2, 0.25) is 0 Å². The predicted octanol–water partition coefficient (Wildman–Crippen LogP) is 7.18. The van der Waals surface area contributed by atoms with Gasteiger partial charge >= 0.3 is 0 Å². The van der Waals surface area contributed by atoms with Crippen molar-refractivity contribution in [3.8, 4) is 0 Å². The highest BCUT2D eigenvalue weighted by atomic mass is 32.2. The third kappa shape index (κ3) is 6.31. The van der Waals surface area contributed by atoms with Gasteiger partial charge in [-0.1, -0.05) is 51.3 Å². The molecular formula is C20H26N2O4S2. The second kappa shape index (κ2) is 11.2. The highest BCUT2D eigenvalue weighted by molar-refractivity contribution is 8.01. The molecule has 0 N–H and O–H groups in total. The van der Waals surface area contributed by atoms with Crippen LogP contribution in [-0.2, 0) is 12.8 Å². The molecule has 0 aliphatic rings. The van der Waals surface area contributed by atoms with Gasteiger partial charge in [0.2, 0.25) is 0 Å². The van der Waals surface area contributed by atoms with Crippen LogP contribution in [0.5, 0.6) is 0 Å². The van der Waals surface area contributed by atoms with Crippen molar-refractivity contribution in [2.75, 3.05) is 0 Å². The average molecular weight is 423 g/mol. The molecule has 1 aromatic carbocycles. The van der Waals surface area contributed by atoms with E-state index in [1.54, 1.807) is 11.3 Å². The summed E-state index contributed by atoms with van der Waals surface area (Å²) < 4.78 is 1.01. The summed E-state index contributed by atoms with van der Waals surface area (Å²) in [6.07, 6.45) is 9.12. The highest BCUT2D eigenvalue weighted by Crippen LogP contribution is 2.41. The number of nitro benzene ring substituents is 2. The molecule has 0 radical (unpaired) electrons. The van der Waals surface area contributed by atoms with Crippen LogP contribution < -0.4 is 0 Å². The van der Waals surface area contributed by atoms with Gasteiger partial charge in [0.15, 0.2) is 0 Å². The third-order valence-corrected chi connectivity index (χ3v) is 6.91. The first kappa shape index (κ1) is 22.4. The van der Waals surface area contributed by atoms with Crippen molar-refractivity contribution < 1.29 is 9.85 Å². The largest absolute Gasteiger partial charge is 0.290 e. The molecule has 0 bridgehead atoms. The Bertz CT molecular complexity index is 793. The number of nitro groups is 2. The molecule has 0 atom stereocenters. The molecule has 0 aliphatic heterocycles. The monoisotopic (exact) mass is 422 g/mol. The Morgan fingerprint density at radius 1 is 0.929 bits per heavy atom. The van der Waals surface area contributed by atoms with Crippen molar-refractivity contribution in [1.82, 2.24) is 0 Å². The molecule has 152 valence electrons. The van der Waals surface area contributed by atoms with Crippen LogP contribution in [0.3, 0.4) is 0 Å². The number of hydrogen-bond donors (Lipinski definition) is 0. The summed E-state index contributed by atoms with van der Waals surface area (Å²) in [6, 6.07) is 6.00. The molecular weight excluding hydrogens is 396 g/mol. The number of rotatable bonds is 12. The summed E-state index contributed by atoms with van der Waals surface area (Å²) in [6.45, 7) is 4.37. The van der Waals surface area contributed by atoms with Crippen molar-refractivity contribution in [3.63, 3.8) is 0 Å². The number of unbranched alkanes of at least 4 members (excludes halogenated alkanes) is 4. The third-order valence-electron chi connectivity index (χ3n) is 4.49. The van der Waals surface area contributed by atoms with Crippen LogP contribution in [0.25, 0.3) is 0 Å². The Balaban J connectivity index is 2.25. The number of nitrogens with zero attached hydrogens (tertiary/aromatic N) is 2. The van der Waals surface area contributed by atoms with E-state index in [-0.39, 0.29) is 11.4 Å². The quantitative estimate of drug-likeness (QED) is 0.205. The SMILES string of the molecule is CCCCCc1cc(Sc2ccc([N+](=O)[O-])cc2[N+](=O)[O-])sc1CCCCC. The standard InChI is InChI=1S/C20H26N2O4S2/c1-3-5-7-9-15-13-20(27-18(15)10-8-6-4-2)28-19-12-11-16(21(23)24)14-17(19)22(25)26/h11-14H,3-10H2,1-2H3. The Hall–Kier alpha value is -1.93. The van der Waals surface area contributed by atoms with Gasteiger partial charge in [-0.25, -0.2) is 0 Å². The maximum Gasteiger partial charge on any atom is 0.290 e. The zero-order chi connectivity index (χ0) is 20.5. The summed E-state index contributed by atoms with van der Waals surface area (Å²) >= 11 is 3.03. The summed E-state index contributed by atoms with van der Waals surface area (Å²) in [5.41, 5.74) is 0.872. The second-order valence-electron chi connectivity index (χ2n) is 6.70. The van der Waals surface area contributed by atoms with Crippen LogP contribution in [-0.4, -0.2) is 9.85 Å². The summed E-state index contributed by atoms with van der Waals surface area (Å²) in [5.74, 6) is 0. The van der Waals surface area contributed by atoms with E-state index in [1.165, 1.54) is 60.0 Å². The molecule has 0 saturated heterocycles. The Morgan fingerprint density at radius 2 is 1.61 bits per heavy atom. The van der Waals surface area contributed by atoms with E-state index >= 15 is 0 Å². The maximum atomic E-state index is 11.4. The topological polar surface area (TPSA) is 86.3 Å². The van der Waals surface area contributed by atoms with Gasteiger partial charge in [-0.2, -0.15) is 0 Å². The van der Waals surface area contributed by atoms with E-state index in [0.717, 1.165) is 36.0 Å². The number of hydrogen-bond acceptors (Lipinski definition) is 6. The molecule has 0 unspecified atom stereocenters. The summed E-state index contributed by atoms with van der Waals surface area (Å²) in [7, 11) is 0. The van der Waals surface area contributed by atoms with E-state index in [9.17, 15) is 20.2 Å². The second-order valence-corrected chi connectivity index (χ2v) is 9.18. The molecule has 0 saturated carbocycles. The Kier molecular flexibility index (Phi) is 8.92. The average Bonchev–Trinajstić information content (AvgIpc) is 3.03. The van der Waals surface area contributed by atoms with Crippen molar-refractivity contribution >= 4 is 34.5 Å². The van der Waals surface area contributed by atoms with Crippen molar-refractivity contribution in [2.24, 2.45) is 0 Å². The lowest BCUT2D eigenvalue weighted by Gasteiger charge is -2.03. The minimum atomic E-state index is -0.607. The van der Waals surface area contributed by atoms with Gasteiger partial charge in [0.25, 0.3) is 11.4 Å². The van der Waals surface area contributed by atoms with E-state index in [2.05, 4.69) is 19.9 Å². The van der Waals surface area contributed by atoms with E-state index in [1.807, 2.05) is 0 Å². The molecule has 2 aromatic rings. The van der Waals surface area contributed by atoms with Crippen molar-refractivity contribution in [2.45, 2.75) is 74.3 Å². The van der Waals surface area contributed by atoms with Crippen LogP contribution in [0.4, 0.5) is 11.4 Å². The van der Waals surface area contributed by atoms with Crippen molar-refractivity contribution in [3.05, 3.63) is 54.9 Å². The van der Waals surface area contributed by atoms with E-state index < -0.39 is 9.85 Å². The zero-order valence-corrected chi connectivity index (χ0v) is 17.9. The lowest BCUT2D eigenvalue weighted by Crippen LogP contribution is -1.94. The molecule has 0 amide bonds. The first-order valence-electron chi connectivity index (χ1n) is 9.68. The Labute approximate surface area is 173 Å². The number of benzene rings is 1. The lowest BCUT2D eigenvalue weighted by molar-refractivity contribution is -0.396. The van der Waals surface area contributed by atoms with Crippen LogP contribution in [0, 0.1) is 20.2 Å². The first-order chi connectivity index (χ1) is 13.5. The molecule has 0 aliphatic carbocycles. The molecule has 28 heavy (non-hydrogen) atoms. The summed E-state index contributed by atoms with van der Waals surface area (Å²) in [4.78, 5) is 23.0. The van der Waals surface area contributed by atoms with E-state index in [4.69, 9.17) is 0 Å². The van der Waals surface area contributed by atoms with Crippen LogP contribution in [0.1, 0.15) is 62.8 Å². The number of aryl methyl sites for hydroxylation is 2. The normalized spacial score (nSPS) is 10.9. The summed E-state index contributed by atoms with van der Waals surface area (Å²) in [5, 5.41) is 22.3. The van der Waals surface area contributed by atoms with Gasteiger partial charge in [0.05, 0.1) is 25.0 Å². The predicted molar refractivity (Wildman–Crippen MR) is 115 cm³/mol. The Morgan fingerprint density at radius 3 is 2.21 bits per heavy atom. The fourth-order valence-electron chi connectivity index (χ4n) is 2.97. The molecule has 6 nitrogen and oxygen atoms in total. The van der Waals surface area contributed by atoms with Gasteiger partial charge < -0.3 is 0 Å². The lowest BCUT2D eigenvalue weighted by atomic mass is 10.1. The van der Waals surface area contributed by atoms with Gasteiger partial charge in [-0.05, 0) is 43.4 Å². The van der Waals surface area contributed by atoms with Gasteiger partial charge in [0, 0.05) is 10.9 Å². The van der Waals surface area contributed by atoms with Gasteiger partial charge in [0.1, 0.15) is 0 Å². The number of non-ortho nitro benzene ring substituents is 1. The molecule has 8 heteroatoms. The number of thiophene rings is 1. The van der Waals surface area contributed by atoms with Crippen LogP contribution >= 0.6 is 23.1 Å². The fraction of sp³-hybridized carbons (Fsp3) is 0.500. The molecule has 2 rings (SSSR count). The molecule has 0 fully saturated rings. The minimum absolute atomic E-state index is 0.215. The van der Waals surface area contributed by atoms with Gasteiger partial charge in [-0.3, -0.25) is 20.2 Å². The molecule has 0 spiro atoms. The van der Waals surface area contributed by atoms with E-state index in [0.29, 0.717) is 4.90 Å². The minimum Gasteiger partial charge on any atom is -0.258 e. The van der Waals surface area contributed by atoms with Gasteiger partial charge in [-0.15, -0.1) is 11.3 Å². The highest BCUT2D eigenvalue weighted by Gasteiger charge is 2.21. The molecule has 1 aromatic heterocycles. The fourth-order valence-corrected chi connectivity index (χ4v) is 5.48. The first-order valence-corrected chi connectivity index (χ1v) is 11.3. The van der Waals surface area contributed by atoms with Crippen LogP contribution in [0.15, 0.2) is 33.4 Å². The molecule has 1 heterocycles. The van der Waals surface area contributed by atoms with Crippen molar-refractivity contribution in [1.29, 1.82) is 0 Å². The zero-order valence-electron chi connectivity index (χ0n) is 16.3. The smallest absolute Gasteiger partial charge is 0.258 e. The maximum absolute atomic E-state index is 11.4.